The van der Waals surface area contributed by atoms with Crippen molar-refractivity contribution in [3.8, 4) is 0 Å². The number of aliphatic hydroxyl groups is 1. The van der Waals surface area contributed by atoms with Gasteiger partial charge in [0.2, 0.25) is 0 Å². The average Bonchev–Trinajstić information content (AvgIpc) is 1.35. The van der Waals surface area contributed by atoms with Gasteiger partial charge in [-0.05, 0) is 20.3 Å². The molecule has 0 bridgehead atoms. The van der Waals surface area contributed by atoms with E-state index in [-0.39, 0.29) is 25.8 Å². The second-order valence-corrected chi connectivity index (χ2v) is 2.17. The van der Waals surface area contributed by atoms with Crippen molar-refractivity contribution in [2.45, 2.75) is 32.8 Å². The molecule has 2 heteroatoms. The molecule has 0 radical (unpaired) electrons. The van der Waals surface area contributed by atoms with Crippen LogP contribution in [0.5, 0.6) is 0 Å². The van der Waals surface area contributed by atoms with Crippen molar-refractivity contribution >= 4 is 0 Å². The molecule has 7 heavy (non-hydrogen) atoms. The summed E-state index contributed by atoms with van der Waals surface area (Å²) < 4.78 is 0. The minimum atomic E-state index is -0.458. The SMILES string of the molecule is CCC(C)(C)O.[Hf]. The molecule has 0 aromatic heterocycles. The molecule has 1 N–H and O–H groups in total. The Bertz CT molecular complexity index is 37.8. The summed E-state index contributed by atoms with van der Waals surface area (Å²) in [4.78, 5) is 0. The Balaban J connectivity index is 0. The predicted molar refractivity (Wildman–Crippen MR) is 26.6 cm³/mol. The molecule has 0 unspecified atom stereocenters. The molecule has 0 spiro atoms. The first-order valence-electron chi connectivity index (χ1n) is 2.28. The van der Waals surface area contributed by atoms with Gasteiger partial charge in [0.05, 0.1) is 5.60 Å². The molecule has 0 atom stereocenters. The van der Waals surface area contributed by atoms with Crippen LogP contribution in [-0.4, -0.2) is 10.7 Å². The third-order valence-electron chi connectivity index (χ3n) is 0.865. The van der Waals surface area contributed by atoms with Crippen molar-refractivity contribution in [3.05, 3.63) is 0 Å². The summed E-state index contributed by atoms with van der Waals surface area (Å²) in [7, 11) is 0. The molecule has 0 saturated carbocycles. The van der Waals surface area contributed by atoms with Crippen LogP contribution in [0.25, 0.3) is 0 Å². The zero-order valence-electron chi connectivity index (χ0n) is 5.15. The van der Waals surface area contributed by atoms with Gasteiger partial charge in [0.25, 0.3) is 0 Å². The minimum absolute atomic E-state index is 0. The van der Waals surface area contributed by atoms with Crippen LogP contribution in [0, 0.1) is 0 Å². The molecule has 42 valence electrons. The van der Waals surface area contributed by atoms with E-state index in [2.05, 4.69) is 0 Å². The smallest absolute Gasteiger partial charge is 0.0589 e. The van der Waals surface area contributed by atoms with Gasteiger partial charge < -0.3 is 5.11 Å². The van der Waals surface area contributed by atoms with E-state index in [0.717, 1.165) is 6.42 Å². The maximum absolute atomic E-state index is 8.83. The molecule has 1 nitrogen and oxygen atoms in total. The van der Waals surface area contributed by atoms with Crippen molar-refractivity contribution < 1.29 is 30.9 Å². The van der Waals surface area contributed by atoms with Crippen LogP contribution < -0.4 is 0 Å². The fraction of sp³-hybridized carbons (Fsp3) is 1.00. The summed E-state index contributed by atoms with van der Waals surface area (Å²) in [5, 5.41) is 8.83. The average molecular weight is 267 g/mol. The molecule has 0 aliphatic carbocycles. The summed E-state index contributed by atoms with van der Waals surface area (Å²) >= 11 is 0. The first kappa shape index (κ1) is 10.7. The molecular weight excluding hydrogens is 255 g/mol. The van der Waals surface area contributed by atoms with Crippen molar-refractivity contribution in [1.82, 2.24) is 0 Å². The first-order chi connectivity index (χ1) is 2.56. The van der Waals surface area contributed by atoms with Gasteiger partial charge in [-0.25, -0.2) is 0 Å². The van der Waals surface area contributed by atoms with Gasteiger partial charge in [0.1, 0.15) is 0 Å². The van der Waals surface area contributed by atoms with E-state index in [9.17, 15) is 0 Å². The summed E-state index contributed by atoms with van der Waals surface area (Å²) in [5.41, 5.74) is -0.458. The van der Waals surface area contributed by atoms with E-state index in [1.807, 2.05) is 6.92 Å². The van der Waals surface area contributed by atoms with Gasteiger partial charge in [-0.15, -0.1) is 0 Å². The van der Waals surface area contributed by atoms with E-state index < -0.39 is 5.60 Å². The molecule has 0 aliphatic rings. The Hall–Kier alpha value is 0.830. The molecule has 0 rings (SSSR count). The van der Waals surface area contributed by atoms with Crippen LogP contribution in [0.2, 0.25) is 0 Å². The zero-order valence-corrected chi connectivity index (χ0v) is 8.75. The maximum Gasteiger partial charge on any atom is 0.0589 e. The topological polar surface area (TPSA) is 20.2 Å². The molecule has 0 aliphatic heterocycles. The Morgan fingerprint density at radius 1 is 1.43 bits per heavy atom. The predicted octanol–water partition coefficient (Wildman–Crippen LogP) is 1.16. The number of hydrogen-bond acceptors (Lipinski definition) is 1. The van der Waals surface area contributed by atoms with E-state index in [0.29, 0.717) is 0 Å². The Kier molecular flexibility index (Phi) is 5.81. The zero-order chi connectivity index (χ0) is 5.21. The third kappa shape index (κ3) is 10.9. The van der Waals surface area contributed by atoms with Gasteiger partial charge in [-0.3, -0.25) is 0 Å². The maximum atomic E-state index is 8.83. The normalized spacial score (nSPS) is 10.3. The van der Waals surface area contributed by atoms with Gasteiger partial charge in [-0.2, -0.15) is 0 Å². The monoisotopic (exact) mass is 268 g/mol. The second-order valence-electron chi connectivity index (χ2n) is 2.17. The fourth-order valence-corrected chi connectivity index (χ4v) is 0. The summed E-state index contributed by atoms with van der Waals surface area (Å²) in [6, 6.07) is 0. The van der Waals surface area contributed by atoms with Crippen LogP contribution in [0.4, 0.5) is 0 Å². The number of hydrogen-bond donors (Lipinski definition) is 1. The Labute approximate surface area is 63.9 Å². The van der Waals surface area contributed by atoms with E-state index >= 15 is 0 Å². The standard InChI is InChI=1S/C5H12O.Hf/c1-4-5(2,3)6;/h6H,4H2,1-3H3;. The molecule has 0 amide bonds. The summed E-state index contributed by atoms with van der Waals surface area (Å²) in [6.45, 7) is 5.56. The van der Waals surface area contributed by atoms with Crippen molar-refractivity contribution in [3.63, 3.8) is 0 Å². The number of rotatable bonds is 1. The van der Waals surface area contributed by atoms with E-state index in [1.54, 1.807) is 13.8 Å². The van der Waals surface area contributed by atoms with Crippen molar-refractivity contribution in [1.29, 1.82) is 0 Å². The molecule has 0 saturated heterocycles. The summed E-state index contributed by atoms with van der Waals surface area (Å²) in [5.74, 6) is 0. The molecule has 0 fully saturated rings. The Morgan fingerprint density at radius 2 is 1.57 bits per heavy atom. The second kappa shape index (κ2) is 3.79. The van der Waals surface area contributed by atoms with E-state index in [4.69, 9.17) is 5.11 Å². The minimum Gasteiger partial charge on any atom is -0.390 e. The van der Waals surface area contributed by atoms with Crippen molar-refractivity contribution in [2.24, 2.45) is 0 Å². The van der Waals surface area contributed by atoms with Gasteiger partial charge in [0, 0.05) is 25.8 Å². The molecule has 0 aromatic carbocycles. The molecule has 0 heterocycles. The quantitative estimate of drug-likeness (QED) is 0.707. The third-order valence-corrected chi connectivity index (χ3v) is 0.865. The Morgan fingerprint density at radius 3 is 1.57 bits per heavy atom. The van der Waals surface area contributed by atoms with Crippen LogP contribution in [-0.2, 0) is 25.8 Å². The van der Waals surface area contributed by atoms with E-state index in [1.165, 1.54) is 0 Å². The fourth-order valence-electron chi connectivity index (χ4n) is 0. The van der Waals surface area contributed by atoms with Crippen LogP contribution >= 0.6 is 0 Å². The first-order valence-corrected chi connectivity index (χ1v) is 2.28. The largest absolute Gasteiger partial charge is 0.390 e. The molecular formula is C5H12HfO. The van der Waals surface area contributed by atoms with Crippen molar-refractivity contribution in [2.75, 3.05) is 0 Å². The van der Waals surface area contributed by atoms with Crippen LogP contribution in [0.1, 0.15) is 27.2 Å². The van der Waals surface area contributed by atoms with Gasteiger partial charge in [0.15, 0.2) is 0 Å². The summed E-state index contributed by atoms with van der Waals surface area (Å²) in [6.07, 6.45) is 0.826. The van der Waals surface area contributed by atoms with Crippen LogP contribution in [0.15, 0.2) is 0 Å². The van der Waals surface area contributed by atoms with Gasteiger partial charge >= 0.3 is 0 Å². The molecule has 0 aromatic rings. The van der Waals surface area contributed by atoms with Crippen LogP contribution in [0.3, 0.4) is 0 Å². The van der Waals surface area contributed by atoms with Gasteiger partial charge in [-0.1, -0.05) is 6.92 Å².